The summed E-state index contributed by atoms with van der Waals surface area (Å²) in [7, 11) is 0. The van der Waals surface area contributed by atoms with Crippen molar-refractivity contribution >= 4 is 0 Å². The van der Waals surface area contributed by atoms with Gasteiger partial charge in [0, 0.05) is 0 Å². The Balaban J connectivity index is 1.83. The quantitative estimate of drug-likeness (QED) is 0.845. The van der Waals surface area contributed by atoms with Gasteiger partial charge in [-0.3, -0.25) is 5.32 Å². The fourth-order valence-electron chi connectivity index (χ4n) is 2.41. The van der Waals surface area contributed by atoms with E-state index in [0.717, 1.165) is 5.76 Å². The molecule has 1 aliphatic carbocycles. The van der Waals surface area contributed by atoms with Crippen LogP contribution in [-0.2, 0) is 6.54 Å². The Kier molecular flexibility index (Phi) is 4.01. The molecule has 2 rings (SSSR count). The lowest BCUT2D eigenvalue weighted by Gasteiger charge is -2.26. The zero-order valence-electron chi connectivity index (χ0n) is 9.48. The molecule has 0 aliphatic heterocycles. The maximum atomic E-state index is 9.16. The molecule has 1 fully saturated rings. The van der Waals surface area contributed by atoms with E-state index in [9.17, 15) is 0 Å². The SMILES string of the molecule is N#CC(NCc1ccco1)C1CCCCC1. The Morgan fingerprint density at radius 2 is 2.25 bits per heavy atom. The lowest BCUT2D eigenvalue weighted by atomic mass is 9.84. The summed E-state index contributed by atoms with van der Waals surface area (Å²) in [6.45, 7) is 0.654. The van der Waals surface area contributed by atoms with Gasteiger partial charge in [0.2, 0.25) is 0 Å². The highest BCUT2D eigenvalue weighted by Crippen LogP contribution is 2.26. The zero-order valence-corrected chi connectivity index (χ0v) is 9.48. The number of rotatable bonds is 4. The van der Waals surface area contributed by atoms with Crippen molar-refractivity contribution in [3.05, 3.63) is 24.2 Å². The summed E-state index contributed by atoms with van der Waals surface area (Å²) in [6.07, 6.45) is 7.90. The highest BCUT2D eigenvalue weighted by molar-refractivity contribution is 5.01. The largest absolute Gasteiger partial charge is 0.468 e. The van der Waals surface area contributed by atoms with Gasteiger partial charge in [-0.25, -0.2) is 0 Å². The van der Waals surface area contributed by atoms with Gasteiger partial charge in [-0.15, -0.1) is 0 Å². The minimum Gasteiger partial charge on any atom is -0.468 e. The molecule has 1 heterocycles. The van der Waals surface area contributed by atoms with Crippen LogP contribution in [0, 0.1) is 17.2 Å². The smallest absolute Gasteiger partial charge is 0.117 e. The van der Waals surface area contributed by atoms with E-state index in [-0.39, 0.29) is 6.04 Å². The number of furan rings is 1. The Hall–Kier alpha value is -1.27. The fourth-order valence-corrected chi connectivity index (χ4v) is 2.41. The van der Waals surface area contributed by atoms with Gasteiger partial charge >= 0.3 is 0 Å². The fraction of sp³-hybridized carbons (Fsp3) is 0.615. The maximum Gasteiger partial charge on any atom is 0.117 e. The third kappa shape index (κ3) is 2.86. The third-order valence-corrected chi connectivity index (χ3v) is 3.34. The molecule has 0 radical (unpaired) electrons. The summed E-state index contributed by atoms with van der Waals surface area (Å²) < 4.78 is 5.24. The molecule has 1 atom stereocenters. The molecule has 0 amide bonds. The molecular weight excluding hydrogens is 200 g/mol. The minimum absolute atomic E-state index is 0.0228. The van der Waals surface area contributed by atoms with Crippen LogP contribution < -0.4 is 5.32 Å². The van der Waals surface area contributed by atoms with E-state index in [1.165, 1.54) is 32.1 Å². The molecule has 1 saturated carbocycles. The van der Waals surface area contributed by atoms with Crippen molar-refractivity contribution in [1.29, 1.82) is 5.26 Å². The van der Waals surface area contributed by atoms with Crippen LogP contribution in [0.3, 0.4) is 0 Å². The third-order valence-electron chi connectivity index (χ3n) is 3.34. The molecule has 1 N–H and O–H groups in total. The van der Waals surface area contributed by atoms with Crippen LogP contribution in [0.4, 0.5) is 0 Å². The van der Waals surface area contributed by atoms with Crippen LogP contribution in [0.15, 0.2) is 22.8 Å². The molecule has 3 nitrogen and oxygen atoms in total. The first-order chi connectivity index (χ1) is 7.90. The molecule has 86 valence electrons. The van der Waals surface area contributed by atoms with Gasteiger partial charge in [-0.2, -0.15) is 5.26 Å². The van der Waals surface area contributed by atoms with Gasteiger partial charge < -0.3 is 4.42 Å². The normalized spacial score (nSPS) is 19.2. The van der Waals surface area contributed by atoms with Gasteiger partial charge in [0.25, 0.3) is 0 Å². The number of nitrogens with zero attached hydrogens (tertiary/aromatic N) is 1. The molecule has 1 unspecified atom stereocenters. The van der Waals surface area contributed by atoms with Crippen LogP contribution in [-0.4, -0.2) is 6.04 Å². The Morgan fingerprint density at radius 3 is 2.88 bits per heavy atom. The number of nitrogens with one attached hydrogen (secondary N) is 1. The topological polar surface area (TPSA) is 49.0 Å². The number of hydrogen-bond donors (Lipinski definition) is 1. The van der Waals surface area contributed by atoms with E-state index < -0.39 is 0 Å². The molecule has 0 bridgehead atoms. The Bertz CT molecular complexity index is 333. The Morgan fingerprint density at radius 1 is 1.44 bits per heavy atom. The lowest BCUT2D eigenvalue weighted by molar-refractivity contribution is 0.298. The molecule has 0 saturated heterocycles. The molecule has 1 aliphatic rings. The van der Waals surface area contributed by atoms with Crippen LogP contribution in [0.5, 0.6) is 0 Å². The van der Waals surface area contributed by atoms with Gasteiger partial charge in [0.1, 0.15) is 5.76 Å². The van der Waals surface area contributed by atoms with Crippen molar-refractivity contribution in [3.63, 3.8) is 0 Å². The summed E-state index contributed by atoms with van der Waals surface area (Å²) in [4.78, 5) is 0. The first kappa shape index (κ1) is 11.2. The molecule has 1 aromatic heterocycles. The standard InChI is InChI=1S/C13H18N2O/c14-9-13(11-5-2-1-3-6-11)15-10-12-7-4-8-16-12/h4,7-8,11,13,15H,1-3,5-6,10H2. The van der Waals surface area contributed by atoms with Crippen LogP contribution >= 0.6 is 0 Å². The number of hydrogen-bond acceptors (Lipinski definition) is 3. The minimum atomic E-state index is -0.0228. The second kappa shape index (κ2) is 5.72. The summed E-state index contributed by atoms with van der Waals surface area (Å²) in [5, 5.41) is 12.5. The summed E-state index contributed by atoms with van der Waals surface area (Å²) in [5.74, 6) is 1.42. The zero-order chi connectivity index (χ0) is 11.2. The van der Waals surface area contributed by atoms with E-state index in [2.05, 4.69) is 11.4 Å². The predicted octanol–water partition coefficient (Wildman–Crippen LogP) is 2.84. The number of nitriles is 1. The summed E-state index contributed by atoms with van der Waals surface area (Å²) in [5.41, 5.74) is 0. The van der Waals surface area contributed by atoms with Crippen molar-refractivity contribution in [1.82, 2.24) is 5.32 Å². The second-order valence-corrected chi connectivity index (χ2v) is 4.47. The van der Waals surface area contributed by atoms with Crippen molar-refractivity contribution < 1.29 is 4.42 Å². The van der Waals surface area contributed by atoms with Crippen molar-refractivity contribution in [2.45, 2.75) is 44.7 Å². The van der Waals surface area contributed by atoms with Crippen molar-refractivity contribution in [2.75, 3.05) is 0 Å². The monoisotopic (exact) mass is 218 g/mol. The molecular formula is C13H18N2O. The average molecular weight is 218 g/mol. The van der Waals surface area contributed by atoms with E-state index in [1.54, 1.807) is 6.26 Å². The lowest BCUT2D eigenvalue weighted by Crippen LogP contribution is -2.35. The maximum absolute atomic E-state index is 9.16. The van der Waals surface area contributed by atoms with Crippen molar-refractivity contribution in [2.24, 2.45) is 5.92 Å². The Labute approximate surface area is 96.4 Å². The van der Waals surface area contributed by atoms with Gasteiger partial charge in [0.05, 0.1) is 24.9 Å². The first-order valence-electron chi connectivity index (χ1n) is 6.05. The molecule has 0 aromatic carbocycles. The van der Waals surface area contributed by atoms with Crippen LogP contribution in [0.25, 0.3) is 0 Å². The second-order valence-electron chi connectivity index (χ2n) is 4.47. The van der Waals surface area contributed by atoms with E-state index in [0.29, 0.717) is 12.5 Å². The first-order valence-corrected chi connectivity index (χ1v) is 6.05. The van der Waals surface area contributed by atoms with E-state index >= 15 is 0 Å². The van der Waals surface area contributed by atoms with Crippen molar-refractivity contribution in [3.8, 4) is 6.07 Å². The van der Waals surface area contributed by atoms with Crippen LogP contribution in [0.2, 0.25) is 0 Å². The van der Waals surface area contributed by atoms with E-state index in [1.807, 2.05) is 12.1 Å². The summed E-state index contributed by atoms with van der Waals surface area (Å²) in [6, 6.07) is 6.17. The average Bonchev–Trinajstić information content (AvgIpc) is 2.84. The van der Waals surface area contributed by atoms with Gasteiger partial charge in [0.15, 0.2) is 0 Å². The van der Waals surface area contributed by atoms with Crippen LogP contribution in [0.1, 0.15) is 37.9 Å². The molecule has 3 heteroatoms. The molecule has 16 heavy (non-hydrogen) atoms. The summed E-state index contributed by atoms with van der Waals surface area (Å²) >= 11 is 0. The highest BCUT2D eigenvalue weighted by atomic mass is 16.3. The van der Waals surface area contributed by atoms with E-state index in [4.69, 9.17) is 9.68 Å². The molecule has 1 aromatic rings. The predicted molar refractivity (Wildman–Crippen MR) is 61.5 cm³/mol. The molecule has 0 spiro atoms. The highest BCUT2D eigenvalue weighted by Gasteiger charge is 2.22. The van der Waals surface area contributed by atoms with Gasteiger partial charge in [-0.05, 0) is 30.9 Å². The van der Waals surface area contributed by atoms with Gasteiger partial charge in [-0.1, -0.05) is 19.3 Å².